The zero-order chi connectivity index (χ0) is 21.2. The number of anilines is 1. The summed E-state index contributed by atoms with van der Waals surface area (Å²) in [4.78, 5) is 26.8. The Bertz CT molecular complexity index is 1050. The van der Waals surface area contributed by atoms with Crippen molar-refractivity contribution in [1.82, 2.24) is 4.57 Å². The van der Waals surface area contributed by atoms with E-state index in [1.165, 1.54) is 11.0 Å². The second-order valence-electron chi connectivity index (χ2n) is 6.93. The van der Waals surface area contributed by atoms with Crippen LogP contribution >= 0.6 is 0 Å². The molecule has 1 unspecified atom stereocenters. The molecule has 3 rings (SSSR count). The zero-order valence-corrected chi connectivity index (χ0v) is 17.5. The van der Waals surface area contributed by atoms with Gasteiger partial charge in [0.1, 0.15) is 0 Å². The number of benzene rings is 1. The largest absolute Gasteiger partial charge is 0.452 e. The van der Waals surface area contributed by atoms with Gasteiger partial charge in [-0.3, -0.25) is 4.79 Å². The first-order valence-corrected chi connectivity index (χ1v) is 11.1. The molecular weight excluding hydrogens is 392 g/mol. The average Bonchev–Trinajstić information content (AvgIpc) is 3.18. The molecule has 1 aliphatic rings. The van der Waals surface area contributed by atoms with Crippen molar-refractivity contribution in [3.05, 3.63) is 64.8 Å². The lowest BCUT2D eigenvalue weighted by Gasteiger charge is -2.27. The highest BCUT2D eigenvalue weighted by Gasteiger charge is 2.32. The van der Waals surface area contributed by atoms with Crippen molar-refractivity contribution in [2.45, 2.75) is 33.4 Å². The molecule has 29 heavy (non-hydrogen) atoms. The topological polar surface area (TPSA) is 85.7 Å². The third-order valence-corrected chi connectivity index (χ3v) is 6.36. The number of sulfone groups is 1. The number of esters is 1. The Morgan fingerprint density at radius 1 is 1.21 bits per heavy atom. The summed E-state index contributed by atoms with van der Waals surface area (Å²) in [5, 5.41) is 1.12. The summed E-state index contributed by atoms with van der Waals surface area (Å²) >= 11 is 0. The van der Waals surface area contributed by atoms with Gasteiger partial charge < -0.3 is 14.2 Å². The summed E-state index contributed by atoms with van der Waals surface area (Å²) in [5.41, 5.74) is 2.69. The second-order valence-corrected chi connectivity index (χ2v) is 8.86. The van der Waals surface area contributed by atoms with Gasteiger partial charge in [-0.2, -0.15) is 0 Å². The molecule has 1 aliphatic heterocycles. The smallest absolute Gasteiger partial charge is 0.340 e. The lowest BCUT2D eigenvalue weighted by Crippen LogP contribution is -2.43. The number of aromatic nitrogens is 1. The molecule has 0 saturated heterocycles. The van der Waals surface area contributed by atoms with Gasteiger partial charge in [0.2, 0.25) is 0 Å². The first kappa shape index (κ1) is 20.9. The van der Waals surface area contributed by atoms with Gasteiger partial charge in [-0.25, -0.2) is 13.2 Å². The molecule has 0 fully saturated rings. The number of hydrogen-bond acceptors (Lipinski definition) is 5. The Balaban J connectivity index is 1.77. The third-order valence-electron chi connectivity index (χ3n) is 4.98. The van der Waals surface area contributed by atoms with Crippen molar-refractivity contribution in [3.63, 3.8) is 0 Å². The Labute approximate surface area is 170 Å². The van der Waals surface area contributed by atoms with Gasteiger partial charge in [0, 0.05) is 29.0 Å². The Morgan fingerprint density at radius 2 is 1.90 bits per heavy atom. The number of amides is 1. The van der Waals surface area contributed by atoms with Crippen LogP contribution in [0.1, 0.15) is 28.7 Å². The predicted molar refractivity (Wildman–Crippen MR) is 111 cm³/mol. The number of ether oxygens (including phenoxy) is 1. The van der Waals surface area contributed by atoms with Crippen LogP contribution in [0.3, 0.4) is 0 Å². The van der Waals surface area contributed by atoms with Crippen LogP contribution in [0.25, 0.3) is 0 Å². The number of aryl methyl sites for hydroxylation is 1. The summed E-state index contributed by atoms with van der Waals surface area (Å²) in [5.74, 6) is -1.26. The van der Waals surface area contributed by atoms with Crippen molar-refractivity contribution in [2.75, 3.05) is 17.3 Å². The number of rotatable bonds is 6. The molecule has 0 radical (unpaired) electrons. The Hall–Kier alpha value is -2.87. The van der Waals surface area contributed by atoms with Crippen LogP contribution in [-0.4, -0.2) is 43.3 Å². The van der Waals surface area contributed by atoms with Crippen LogP contribution in [-0.2, 0) is 25.9 Å². The summed E-state index contributed by atoms with van der Waals surface area (Å²) in [6.07, 6.45) is 1.48. The minimum absolute atomic E-state index is 0.195. The highest BCUT2D eigenvalue weighted by Crippen LogP contribution is 2.23. The minimum atomic E-state index is -3.35. The lowest BCUT2D eigenvalue weighted by molar-refractivity contribution is -0.121. The van der Waals surface area contributed by atoms with Crippen LogP contribution in [0, 0.1) is 13.8 Å². The van der Waals surface area contributed by atoms with Gasteiger partial charge in [-0.1, -0.05) is 18.2 Å². The molecule has 8 heteroatoms. The molecule has 1 amide bonds. The van der Waals surface area contributed by atoms with E-state index in [9.17, 15) is 18.0 Å². The fourth-order valence-electron chi connectivity index (χ4n) is 3.60. The van der Waals surface area contributed by atoms with Crippen LogP contribution in [0.4, 0.5) is 5.69 Å². The van der Waals surface area contributed by atoms with Crippen LogP contribution in [0.5, 0.6) is 0 Å². The number of hydrogen-bond donors (Lipinski definition) is 0. The van der Waals surface area contributed by atoms with E-state index in [0.717, 1.165) is 23.3 Å². The summed E-state index contributed by atoms with van der Waals surface area (Å²) in [7, 11) is -3.35. The monoisotopic (exact) mass is 416 g/mol. The van der Waals surface area contributed by atoms with E-state index in [-0.39, 0.29) is 5.75 Å². The molecule has 0 aliphatic carbocycles. The van der Waals surface area contributed by atoms with Gasteiger partial charge in [0.15, 0.2) is 16.4 Å². The molecule has 1 aromatic heterocycles. The van der Waals surface area contributed by atoms with Crippen molar-refractivity contribution in [1.29, 1.82) is 0 Å². The van der Waals surface area contributed by atoms with Crippen molar-refractivity contribution < 1.29 is 22.7 Å². The molecule has 7 nitrogen and oxygen atoms in total. The SMILES string of the molecule is CCn1c(C)cc(C(=O)OCC(=O)N(c2ccccc2)C2C=CS(=O)(=O)C2)c1C. The lowest BCUT2D eigenvalue weighted by atomic mass is 10.2. The predicted octanol–water partition coefficient (Wildman–Crippen LogP) is 2.63. The van der Waals surface area contributed by atoms with E-state index >= 15 is 0 Å². The average molecular weight is 416 g/mol. The highest BCUT2D eigenvalue weighted by molar-refractivity contribution is 7.94. The maximum atomic E-state index is 12.9. The quantitative estimate of drug-likeness (QED) is 0.676. The van der Waals surface area contributed by atoms with Crippen molar-refractivity contribution in [2.24, 2.45) is 0 Å². The molecule has 2 aromatic rings. The minimum Gasteiger partial charge on any atom is -0.452 e. The number of para-hydroxylation sites is 1. The van der Waals surface area contributed by atoms with Crippen LogP contribution in [0.2, 0.25) is 0 Å². The fourth-order valence-corrected chi connectivity index (χ4v) is 4.87. The highest BCUT2D eigenvalue weighted by atomic mass is 32.2. The molecular formula is C21H24N2O5S. The van der Waals surface area contributed by atoms with E-state index < -0.39 is 34.4 Å². The normalized spacial score (nSPS) is 17.3. The summed E-state index contributed by atoms with van der Waals surface area (Å²) in [6, 6.07) is 9.85. The molecule has 0 saturated carbocycles. The van der Waals surface area contributed by atoms with Gasteiger partial charge in [0.25, 0.3) is 5.91 Å². The summed E-state index contributed by atoms with van der Waals surface area (Å²) < 4.78 is 30.9. The summed E-state index contributed by atoms with van der Waals surface area (Å²) in [6.45, 7) is 5.98. The molecule has 1 atom stereocenters. The van der Waals surface area contributed by atoms with Crippen molar-refractivity contribution in [3.8, 4) is 0 Å². The van der Waals surface area contributed by atoms with Crippen molar-refractivity contribution >= 4 is 27.4 Å². The maximum Gasteiger partial charge on any atom is 0.340 e. The van der Waals surface area contributed by atoms with Gasteiger partial charge >= 0.3 is 5.97 Å². The molecule has 0 bridgehead atoms. The molecule has 0 spiro atoms. The molecule has 1 aromatic carbocycles. The van der Waals surface area contributed by atoms with E-state index in [4.69, 9.17) is 4.74 Å². The third kappa shape index (κ3) is 4.42. The maximum absolute atomic E-state index is 12.9. The Kier molecular flexibility index (Phi) is 5.93. The number of carbonyl (C=O) groups is 2. The number of nitrogens with zero attached hydrogens (tertiary/aromatic N) is 2. The van der Waals surface area contributed by atoms with Gasteiger partial charge in [-0.15, -0.1) is 0 Å². The second kappa shape index (κ2) is 8.24. The van der Waals surface area contributed by atoms with Crippen LogP contribution in [0.15, 0.2) is 47.9 Å². The van der Waals surface area contributed by atoms with E-state index in [0.29, 0.717) is 11.3 Å². The van der Waals surface area contributed by atoms with E-state index in [1.54, 1.807) is 36.4 Å². The molecule has 2 heterocycles. The molecule has 154 valence electrons. The standard InChI is InChI=1S/C21H24N2O5S/c1-4-22-15(2)12-19(16(22)3)21(25)28-13-20(24)23(17-8-6-5-7-9-17)18-10-11-29(26,27)14-18/h5-12,18H,4,13-14H2,1-3H3. The Morgan fingerprint density at radius 3 is 2.45 bits per heavy atom. The zero-order valence-electron chi connectivity index (χ0n) is 16.7. The first-order valence-electron chi connectivity index (χ1n) is 9.35. The van der Waals surface area contributed by atoms with Gasteiger partial charge in [0.05, 0.1) is 17.4 Å². The van der Waals surface area contributed by atoms with E-state index in [1.807, 2.05) is 25.3 Å². The van der Waals surface area contributed by atoms with E-state index in [2.05, 4.69) is 0 Å². The fraction of sp³-hybridized carbons (Fsp3) is 0.333. The van der Waals surface area contributed by atoms with Crippen LogP contribution < -0.4 is 4.90 Å². The van der Waals surface area contributed by atoms with Gasteiger partial charge in [-0.05, 0) is 45.0 Å². The number of carbonyl (C=O) groups excluding carboxylic acids is 2. The molecule has 0 N–H and O–H groups in total. The first-order chi connectivity index (χ1) is 13.7.